The SMILES string of the molecule is Cc1cc(C(Cc2cc(F)cc(F)c2)NN)cc(C)c1Br. The second-order valence-electron chi connectivity index (χ2n) is 5.17. The van der Waals surface area contributed by atoms with Gasteiger partial charge in [0.2, 0.25) is 0 Å². The second-order valence-corrected chi connectivity index (χ2v) is 5.96. The van der Waals surface area contributed by atoms with Gasteiger partial charge in [-0.15, -0.1) is 0 Å². The number of aryl methyl sites for hydroxylation is 2. The van der Waals surface area contributed by atoms with E-state index in [0.29, 0.717) is 12.0 Å². The van der Waals surface area contributed by atoms with Gasteiger partial charge in [0, 0.05) is 10.5 Å². The summed E-state index contributed by atoms with van der Waals surface area (Å²) in [5, 5.41) is 0. The third-order valence-corrected chi connectivity index (χ3v) is 4.68. The predicted octanol–water partition coefficient (Wildman–Crippen LogP) is 4.09. The number of halogens is 3. The van der Waals surface area contributed by atoms with Crippen LogP contribution < -0.4 is 11.3 Å². The Morgan fingerprint density at radius 1 is 1.05 bits per heavy atom. The summed E-state index contributed by atoms with van der Waals surface area (Å²) in [5.41, 5.74) is 6.46. The number of hydrogen-bond acceptors (Lipinski definition) is 2. The number of hydrogen-bond donors (Lipinski definition) is 2. The van der Waals surface area contributed by atoms with Gasteiger partial charge in [-0.05, 0) is 54.7 Å². The van der Waals surface area contributed by atoms with Crippen LogP contribution in [0.25, 0.3) is 0 Å². The maximum atomic E-state index is 13.3. The molecule has 2 nitrogen and oxygen atoms in total. The molecule has 0 aromatic heterocycles. The molecule has 0 aliphatic rings. The lowest BCUT2D eigenvalue weighted by Gasteiger charge is -2.19. The fraction of sp³-hybridized carbons (Fsp3) is 0.250. The Morgan fingerprint density at radius 3 is 2.05 bits per heavy atom. The molecule has 0 saturated carbocycles. The van der Waals surface area contributed by atoms with Gasteiger partial charge in [0.1, 0.15) is 11.6 Å². The molecule has 0 amide bonds. The van der Waals surface area contributed by atoms with E-state index in [1.54, 1.807) is 0 Å². The van der Waals surface area contributed by atoms with Gasteiger partial charge < -0.3 is 0 Å². The summed E-state index contributed by atoms with van der Waals surface area (Å²) in [6, 6.07) is 7.33. The third kappa shape index (κ3) is 3.87. The van der Waals surface area contributed by atoms with Gasteiger partial charge in [-0.2, -0.15) is 0 Å². The van der Waals surface area contributed by atoms with Crippen molar-refractivity contribution in [3.8, 4) is 0 Å². The highest BCUT2D eigenvalue weighted by atomic mass is 79.9. The quantitative estimate of drug-likeness (QED) is 0.640. The number of hydrazine groups is 1. The molecule has 1 unspecified atom stereocenters. The predicted molar refractivity (Wildman–Crippen MR) is 83.7 cm³/mol. The van der Waals surface area contributed by atoms with Crippen molar-refractivity contribution in [3.63, 3.8) is 0 Å². The zero-order valence-corrected chi connectivity index (χ0v) is 13.5. The molecule has 0 aliphatic heterocycles. The summed E-state index contributed by atoms with van der Waals surface area (Å²) < 4.78 is 27.6. The van der Waals surface area contributed by atoms with Crippen LogP contribution in [0.2, 0.25) is 0 Å². The maximum Gasteiger partial charge on any atom is 0.126 e. The first-order valence-electron chi connectivity index (χ1n) is 6.58. The zero-order valence-electron chi connectivity index (χ0n) is 11.9. The van der Waals surface area contributed by atoms with E-state index in [2.05, 4.69) is 21.4 Å². The van der Waals surface area contributed by atoms with Crippen molar-refractivity contribution < 1.29 is 8.78 Å². The van der Waals surface area contributed by atoms with E-state index in [-0.39, 0.29) is 6.04 Å². The molecule has 0 heterocycles. The van der Waals surface area contributed by atoms with Gasteiger partial charge in [-0.3, -0.25) is 11.3 Å². The molecule has 0 saturated heterocycles. The van der Waals surface area contributed by atoms with Gasteiger partial charge in [0.25, 0.3) is 0 Å². The van der Waals surface area contributed by atoms with Crippen molar-refractivity contribution in [1.29, 1.82) is 0 Å². The Hall–Kier alpha value is -1.30. The summed E-state index contributed by atoms with van der Waals surface area (Å²) in [5.74, 6) is 4.46. The standard InChI is InChI=1S/C16H17BrF2N2/c1-9-3-12(4-10(2)16(9)17)15(21-20)7-11-5-13(18)8-14(19)6-11/h3-6,8,15,21H,7,20H2,1-2H3. The van der Waals surface area contributed by atoms with Crippen molar-refractivity contribution in [2.24, 2.45) is 5.84 Å². The lowest BCUT2D eigenvalue weighted by Crippen LogP contribution is -2.29. The smallest absolute Gasteiger partial charge is 0.126 e. The molecule has 0 spiro atoms. The van der Waals surface area contributed by atoms with Crippen LogP contribution in [0.5, 0.6) is 0 Å². The molecular formula is C16H17BrF2N2. The number of rotatable bonds is 4. The van der Waals surface area contributed by atoms with Crippen LogP contribution in [0.1, 0.15) is 28.3 Å². The minimum Gasteiger partial charge on any atom is -0.271 e. The Balaban J connectivity index is 2.31. The Kier molecular flexibility index (Phi) is 5.08. The van der Waals surface area contributed by atoms with Crippen LogP contribution in [0, 0.1) is 25.5 Å². The summed E-state index contributed by atoms with van der Waals surface area (Å²) in [4.78, 5) is 0. The first-order valence-corrected chi connectivity index (χ1v) is 7.37. The molecule has 0 aliphatic carbocycles. The molecule has 3 N–H and O–H groups in total. The highest BCUT2D eigenvalue weighted by Crippen LogP contribution is 2.27. The largest absolute Gasteiger partial charge is 0.271 e. The van der Waals surface area contributed by atoms with Crippen molar-refractivity contribution >= 4 is 15.9 Å². The fourth-order valence-corrected chi connectivity index (χ4v) is 2.65. The molecule has 5 heteroatoms. The topological polar surface area (TPSA) is 38.0 Å². The first kappa shape index (κ1) is 16.1. The van der Waals surface area contributed by atoms with Crippen molar-refractivity contribution in [2.45, 2.75) is 26.3 Å². The molecule has 21 heavy (non-hydrogen) atoms. The molecule has 1 atom stereocenters. The summed E-state index contributed by atoms with van der Waals surface area (Å²) >= 11 is 3.52. The molecule has 2 aromatic rings. The van der Waals surface area contributed by atoms with Crippen LogP contribution in [0.15, 0.2) is 34.8 Å². The molecule has 2 rings (SSSR count). The number of nitrogens with two attached hydrogens (primary N) is 1. The molecule has 0 fully saturated rings. The Labute approximate surface area is 131 Å². The monoisotopic (exact) mass is 354 g/mol. The minimum atomic E-state index is -0.580. The van der Waals surface area contributed by atoms with E-state index in [1.807, 2.05) is 26.0 Å². The molecule has 0 bridgehead atoms. The van der Waals surface area contributed by atoms with Gasteiger partial charge in [0.05, 0.1) is 6.04 Å². The van der Waals surface area contributed by atoms with Crippen molar-refractivity contribution in [1.82, 2.24) is 5.43 Å². The van der Waals surface area contributed by atoms with Crippen molar-refractivity contribution in [2.75, 3.05) is 0 Å². The molecule has 112 valence electrons. The van der Waals surface area contributed by atoms with E-state index < -0.39 is 11.6 Å². The van der Waals surface area contributed by atoms with Crippen molar-refractivity contribution in [3.05, 3.63) is 68.7 Å². The van der Waals surface area contributed by atoms with Crippen LogP contribution >= 0.6 is 15.9 Å². The lowest BCUT2D eigenvalue weighted by molar-refractivity contribution is 0.539. The van der Waals surface area contributed by atoms with E-state index in [0.717, 1.165) is 27.2 Å². The molecular weight excluding hydrogens is 338 g/mol. The number of benzene rings is 2. The lowest BCUT2D eigenvalue weighted by atomic mass is 9.96. The fourth-order valence-electron chi connectivity index (χ4n) is 2.42. The second kappa shape index (κ2) is 6.64. The molecule has 2 aromatic carbocycles. The van der Waals surface area contributed by atoms with Crippen LogP contribution in [0.3, 0.4) is 0 Å². The average Bonchev–Trinajstić information content (AvgIpc) is 2.40. The normalized spacial score (nSPS) is 12.5. The highest BCUT2D eigenvalue weighted by molar-refractivity contribution is 9.10. The Morgan fingerprint density at radius 2 is 1.57 bits per heavy atom. The van der Waals surface area contributed by atoms with Gasteiger partial charge in [-0.1, -0.05) is 28.1 Å². The van der Waals surface area contributed by atoms with Crippen LogP contribution in [-0.2, 0) is 6.42 Å². The first-order chi connectivity index (χ1) is 9.90. The van der Waals surface area contributed by atoms with Crippen LogP contribution in [-0.4, -0.2) is 0 Å². The zero-order chi connectivity index (χ0) is 15.6. The highest BCUT2D eigenvalue weighted by Gasteiger charge is 2.14. The number of nitrogens with one attached hydrogen (secondary N) is 1. The third-order valence-electron chi connectivity index (χ3n) is 3.42. The van der Waals surface area contributed by atoms with Gasteiger partial charge in [-0.25, -0.2) is 8.78 Å². The molecule has 0 radical (unpaired) electrons. The Bertz CT molecular complexity index is 615. The average molecular weight is 355 g/mol. The summed E-state index contributed by atoms with van der Waals surface area (Å²) in [6.45, 7) is 3.99. The maximum absolute atomic E-state index is 13.3. The summed E-state index contributed by atoms with van der Waals surface area (Å²) in [6.07, 6.45) is 0.408. The van der Waals surface area contributed by atoms with E-state index >= 15 is 0 Å². The summed E-state index contributed by atoms with van der Waals surface area (Å²) in [7, 11) is 0. The van der Waals surface area contributed by atoms with Gasteiger partial charge in [0.15, 0.2) is 0 Å². The minimum absolute atomic E-state index is 0.211. The van der Waals surface area contributed by atoms with E-state index in [4.69, 9.17) is 5.84 Å². The van der Waals surface area contributed by atoms with E-state index in [1.165, 1.54) is 12.1 Å². The van der Waals surface area contributed by atoms with Gasteiger partial charge >= 0.3 is 0 Å². The van der Waals surface area contributed by atoms with Crippen LogP contribution in [0.4, 0.5) is 8.78 Å². The van der Waals surface area contributed by atoms with E-state index in [9.17, 15) is 8.78 Å².